The molecule has 0 unspecified atom stereocenters. The normalized spacial score (nSPS) is 19.9. The van der Waals surface area contributed by atoms with Crippen LogP contribution < -0.4 is 20.1 Å². The number of aliphatic imine (C=N–C) groups is 1. The summed E-state index contributed by atoms with van der Waals surface area (Å²) in [4.78, 5) is 18.6. The maximum atomic E-state index is 12.2. The SMILES string of the molecule is CCNC(=NCC(=O)N1CCCC1)NCC1(c2ccc3c(c2)OCO3)CC1. The first-order chi connectivity index (χ1) is 13.2. The van der Waals surface area contributed by atoms with Crippen molar-refractivity contribution in [1.29, 1.82) is 0 Å². The van der Waals surface area contributed by atoms with E-state index in [9.17, 15) is 4.79 Å². The van der Waals surface area contributed by atoms with Gasteiger partial charge in [0.15, 0.2) is 17.5 Å². The van der Waals surface area contributed by atoms with Crippen LogP contribution in [0.4, 0.5) is 0 Å². The fourth-order valence-corrected chi connectivity index (χ4v) is 3.75. The molecule has 0 radical (unpaired) electrons. The van der Waals surface area contributed by atoms with Crippen molar-refractivity contribution in [3.63, 3.8) is 0 Å². The third kappa shape index (κ3) is 3.96. The Morgan fingerprint density at radius 2 is 1.96 bits per heavy atom. The fourth-order valence-electron chi connectivity index (χ4n) is 3.75. The first-order valence-electron chi connectivity index (χ1n) is 9.90. The highest BCUT2D eigenvalue weighted by Gasteiger charge is 2.44. The molecule has 1 saturated heterocycles. The van der Waals surface area contributed by atoms with Crippen molar-refractivity contribution < 1.29 is 14.3 Å². The average molecular weight is 372 g/mol. The van der Waals surface area contributed by atoms with Crippen LogP contribution in [0.3, 0.4) is 0 Å². The zero-order chi connectivity index (χ0) is 18.7. The van der Waals surface area contributed by atoms with Gasteiger partial charge in [-0.05, 0) is 50.3 Å². The summed E-state index contributed by atoms with van der Waals surface area (Å²) in [5, 5.41) is 6.68. The Bertz CT molecular complexity index is 724. The van der Waals surface area contributed by atoms with Gasteiger partial charge in [-0.1, -0.05) is 6.07 Å². The van der Waals surface area contributed by atoms with Gasteiger partial charge in [0.2, 0.25) is 12.7 Å². The highest BCUT2D eigenvalue weighted by molar-refractivity contribution is 5.85. The highest BCUT2D eigenvalue weighted by atomic mass is 16.7. The van der Waals surface area contributed by atoms with Crippen molar-refractivity contribution in [2.45, 2.75) is 38.0 Å². The maximum absolute atomic E-state index is 12.2. The molecular formula is C20H28N4O3. The Balaban J connectivity index is 1.37. The van der Waals surface area contributed by atoms with Gasteiger partial charge >= 0.3 is 0 Å². The monoisotopic (exact) mass is 372 g/mol. The summed E-state index contributed by atoms with van der Waals surface area (Å²) in [6.07, 6.45) is 4.47. The van der Waals surface area contributed by atoms with Crippen LogP contribution in [0.5, 0.6) is 11.5 Å². The summed E-state index contributed by atoms with van der Waals surface area (Å²) in [7, 11) is 0. The zero-order valence-corrected chi connectivity index (χ0v) is 15.9. The largest absolute Gasteiger partial charge is 0.454 e. The summed E-state index contributed by atoms with van der Waals surface area (Å²) in [6.45, 7) is 5.82. The van der Waals surface area contributed by atoms with Crippen molar-refractivity contribution in [1.82, 2.24) is 15.5 Å². The van der Waals surface area contributed by atoms with E-state index in [4.69, 9.17) is 9.47 Å². The molecule has 2 aliphatic heterocycles. The number of ether oxygens (including phenoxy) is 2. The zero-order valence-electron chi connectivity index (χ0n) is 15.9. The van der Waals surface area contributed by atoms with E-state index in [2.05, 4.69) is 27.8 Å². The fraction of sp³-hybridized carbons (Fsp3) is 0.600. The molecule has 1 aromatic carbocycles. The number of fused-ring (bicyclic) bond motifs is 1. The molecule has 1 aliphatic carbocycles. The molecule has 1 saturated carbocycles. The lowest BCUT2D eigenvalue weighted by Crippen LogP contribution is -2.42. The molecule has 2 heterocycles. The number of nitrogens with one attached hydrogen (secondary N) is 2. The van der Waals surface area contributed by atoms with E-state index in [0.29, 0.717) is 12.8 Å². The predicted molar refractivity (Wildman–Crippen MR) is 103 cm³/mol. The first kappa shape index (κ1) is 17.9. The molecule has 1 aromatic rings. The Morgan fingerprint density at radius 3 is 2.70 bits per heavy atom. The van der Waals surface area contributed by atoms with Crippen molar-refractivity contribution >= 4 is 11.9 Å². The molecule has 146 valence electrons. The number of nitrogens with zero attached hydrogens (tertiary/aromatic N) is 2. The number of hydrogen-bond acceptors (Lipinski definition) is 4. The summed E-state index contributed by atoms with van der Waals surface area (Å²) in [5.41, 5.74) is 1.37. The van der Waals surface area contributed by atoms with Crippen molar-refractivity contribution in [2.75, 3.05) is 39.5 Å². The van der Waals surface area contributed by atoms with Crippen molar-refractivity contribution in [2.24, 2.45) is 4.99 Å². The molecule has 0 aromatic heterocycles. The van der Waals surface area contributed by atoms with Crippen LogP contribution in [-0.2, 0) is 10.2 Å². The number of hydrogen-bond donors (Lipinski definition) is 2. The van der Waals surface area contributed by atoms with E-state index in [1.807, 2.05) is 17.9 Å². The van der Waals surface area contributed by atoms with Gasteiger partial charge in [-0.25, -0.2) is 4.99 Å². The van der Waals surface area contributed by atoms with Crippen molar-refractivity contribution in [3.05, 3.63) is 23.8 Å². The molecule has 2 N–H and O–H groups in total. The Morgan fingerprint density at radius 1 is 1.19 bits per heavy atom. The summed E-state index contributed by atoms with van der Waals surface area (Å²) < 4.78 is 10.9. The van der Waals surface area contributed by atoms with Gasteiger partial charge in [-0.3, -0.25) is 4.79 Å². The van der Waals surface area contributed by atoms with Crippen LogP contribution in [0.1, 0.15) is 38.2 Å². The smallest absolute Gasteiger partial charge is 0.244 e. The van der Waals surface area contributed by atoms with E-state index in [-0.39, 0.29) is 17.9 Å². The number of rotatable bonds is 6. The summed E-state index contributed by atoms with van der Waals surface area (Å²) in [6, 6.07) is 6.22. The van der Waals surface area contributed by atoms with Crippen LogP contribution in [0, 0.1) is 0 Å². The molecule has 0 atom stereocenters. The second-order valence-corrected chi connectivity index (χ2v) is 7.48. The minimum atomic E-state index is 0.107. The maximum Gasteiger partial charge on any atom is 0.244 e. The van der Waals surface area contributed by atoms with Gasteiger partial charge in [0.05, 0.1) is 0 Å². The molecule has 4 rings (SSSR count). The summed E-state index contributed by atoms with van der Waals surface area (Å²) in [5.74, 6) is 2.46. The molecule has 0 bridgehead atoms. The van der Waals surface area contributed by atoms with Crippen LogP contribution in [0.2, 0.25) is 0 Å². The third-order valence-electron chi connectivity index (χ3n) is 5.61. The van der Waals surface area contributed by atoms with E-state index in [1.165, 1.54) is 5.56 Å². The lowest BCUT2D eigenvalue weighted by atomic mass is 9.95. The molecule has 1 amide bonds. The van der Waals surface area contributed by atoms with E-state index < -0.39 is 0 Å². The van der Waals surface area contributed by atoms with Crippen LogP contribution in [0.15, 0.2) is 23.2 Å². The Labute approximate surface area is 160 Å². The molecule has 27 heavy (non-hydrogen) atoms. The van der Waals surface area contributed by atoms with E-state index in [1.54, 1.807) is 0 Å². The van der Waals surface area contributed by atoms with Crippen LogP contribution in [-0.4, -0.2) is 56.3 Å². The predicted octanol–water partition coefficient (Wildman–Crippen LogP) is 1.62. The number of carbonyl (C=O) groups is 1. The van der Waals surface area contributed by atoms with Gasteiger partial charge in [0, 0.05) is 31.6 Å². The lowest BCUT2D eigenvalue weighted by Gasteiger charge is -2.20. The van der Waals surface area contributed by atoms with Crippen LogP contribution in [0.25, 0.3) is 0 Å². The second kappa shape index (κ2) is 7.66. The van der Waals surface area contributed by atoms with Gasteiger partial charge in [-0.2, -0.15) is 0 Å². The van der Waals surface area contributed by atoms with Crippen molar-refractivity contribution in [3.8, 4) is 11.5 Å². The number of benzene rings is 1. The van der Waals surface area contributed by atoms with Gasteiger partial charge in [0.1, 0.15) is 6.54 Å². The lowest BCUT2D eigenvalue weighted by molar-refractivity contribution is -0.128. The van der Waals surface area contributed by atoms with Gasteiger partial charge < -0.3 is 25.0 Å². The quantitative estimate of drug-likeness (QED) is 0.586. The van der Waals surface area contributed by atoms with Gasteiger partial charge in [-0.15, -0.1) is 0 Å². The number of guanidine groups is 1. The number of likely N-dealkylation sites (tertiary alicyclic amines) is 1. The summed E-state index contributed by atoms with van der Waals surface area (Å²) >= 11 is 0. The highest BCUT2D eigenvalue weighted by Crippen LogP contribution is 2.49. The molecule has 0 spiro atoms. The number of amides is 1. The Kier molecular flexibility index (Phi) is 5.09. The topological polar surface area (TPSA) is 75.2 Å². The first-order valence-corrected chi connectivity index (χ1v) is 9.90. The average Bonchev–Trinajstić information content (AvgIpc) is 3.10. The minimum Gasteiger partial charge on any atom is -0.454 e. The van der Waals surface area contributed by atoms with Gasteiger partial charge in [0.25, 0.3) is 0 Å². The second-order valence-electron chi connectivity index (χ2n) is 7.48. The third-order valence-corrected chi connectivity index (χ3v) is 5.61. The molecule has 7 heteroatoms. The van der Waals surface area contributed by atoms with E-state index >= 15 is 0 Å². The van der Waals surface area contributed by atoms with E-state index in [0.717, 1.165) is 63.4 Å². The molecule has 2 fully saturated rings. The minimum absolute atomic E-state index is 0.107. The number of carbonyl (C=O) groups excluding carboxylic acids is 1. The molecule has 3 aliphatic rings. The van der Waals surface area contributed by atoms with Crippen LogP contribution >= 0.6 is 0 Å². The molecular weight excluding hydrogens is 344 g/mol. The Hall–Kier alpha value is -2.44. The molecule has 7 nitrogen and oxygen atoms in total. The standard InChI is InChI=1S/C20H28N4O3/c1-2-21-19(22-12-18(25)24-9-3-4-10-24)23-13-20(7-8-20)15-5-6-16-17(11-15)27-14-26-16/h5-6,11H,2-4,7-10,12-14H2,1H3,(H2,21,22,23).